The topological polar surface area (TPSA) is 96.4 Å². The van der Waals surface area contributed by atoms with Crippen molar-refractivity contribution in [1.29, 1.82) is 0 Å². The lowest BCUT2D eigenvalue weighted by molar-refractivity contribution is -0.157. The van der Waals surface area contributed by atoms with Crippen LogP contribution in [0.4, 0.5) is 0 Å². The van der Waals surface area contributed by atoms with Gasteiger partial charge in [-0.05, 0) is 38.0 Å². The van der Waals surface area contributed by atoms with E-state index in [0.29, 0.717) is 13.2 Å². The molecule has 0 radical (unpaired) electrons. The number of aliphatic hydroxyl groups is 1. The highest BCUT2D eigenvalue weighted by atomic mass is 16.6. The predicted octanol–water partition coefficient (Wildman–Crippen LogP) is 2.60. The Balaban J connectivity index is 1.61. The fourth-order valence-electron chi connectivity index (χ4n) is 7.07. The van der Waals surface area contributed by atoms with E-state index in [0.717, 1.165) is 44.9 Å². The van der Waals surface area contributed by atoms with Crippen LogP contribution in [-0.4, -0.2) is 82.3 Å². The van der Waals surface area contributed by atoms with Gasteiger partial charge in [0.25, 0.3) is 0 Å². The van der Waals surface area contributed by atoms with Gasteiger partial charge in [-0.1, -0.05) is 57.4 Å². The molecule has 0 aromatic carbocycles. The fraction of sp³-hybridized carbons (Fsp3) is 0.750. The minimum Gasteiger partial charge on any atom is -0.465 e. The van der Waals surface area contributed by atoms with Crippen LogP contribution in [0.1, 0.15) is 65.2 Å². The summed E-state index contributed by atoms with van der Waals surface area (Å²) >= 11 is 0. The number of fused-ring (bicyclic) bond motifs is 2. The van der Waals surface area contributed by atoms with Gasteiger partial charge < -0.3 is 24.4 Å². The maximum atomic E-state index is 14.4. The van der Waals surface area contributed by atoms with Crippen LogP contribution in [0.5, 0.6) is 0 Å². The van der Waals surface area contributed by atoms with Crippen molar-refractivity contribution in [2.75, 3.05) is 19.8 Å². The van der Waals surface area contributed by atoms with Crippen LogP contribution >= 0.6 is 0 Å². The maximum absolute atomic E-state index is 14.4. The lowest BCUT2D eigenvalue weighted by Crippen LogP contribution is -2.60. The summed E-state index contributed by atoms with van der Waals surface area (Å²) in [4.78, 5) is 45.5. The van der Waals surface area contributed by atoms with Crippen LogP contribution in [0.2, 0.25) is 0 Å². The molecular weight excluding hydrogens is 460 g/mol. The smallest absolute Gasteiger partial charge is 0.312 e. The van der Waals surface area contributed by atoms with Crippen molar-refractivity contribution in [2.45, 2.75) is 95.0 Å². The van der Waals surface area contributed by atoms with Crippen molar-refractivity contribution >= 4 is 17.8 Å². The van der Waals surface area contributed by atoms with Crippen molar-refractivity contribution in [2.24, 2.45) is 17.8 Å². The minimum absolute atomic E-state index is 0.0790. The molecule has 36 heavy (non-hydrogen) atoms. The SMILES string of the molecule is CC(C)[C@H](CO)N1C(=O)[C@@H]2[C@@H]3C(=O)OCCCC/C=C\[C@@H]3O[C@@]23C=CCN(C2CCCCC2)C(=O)C13. The Morgan fingerprint density at radius 1 is 1.06 bits per heavy atom. The average molecular weight is 501 g/mol. The van der Waals surface area contributed by atoms with Crippen molar-refractivity contribution in [1.82, 2.24) is 9.80 Å². The van der Waals surface area contributed by atoms with Gasteiger partial charge in [0.1, 0.15) is 17.6 Å². The van der Waals surface area contributed by atoms with E-state index >= 15 is 0 Å². The molecule has 1 spiro atoms. The second-order valence-corrected chi connectivity index (χ2v) is 11.4. The van der Waals surface area contributed by atoms with E-state index in [9.17, 15) is 19.5 Å². The fourth-order valence-corrected chi connectivity index (χ4v) is 7.07. The molecule has 2 saturated heterocycles. The molecule has 0 aromatic heterocycles. The normalized spacial score (nSPS) is 37.3. The Hall–Kier alpha value is -2.19. The van der Waals surface area contributed by atoms with Crippen molar-refractivity contribution in [3.8, 4) is 0 Å². The van der Waals surface area contributed by atoms with Crippen LogP contribution in [0, 0.1) is 17.8 Å². The van der Waals surface area contributed by atoms with Gasteiger partial charge in [-0.2, -0.15) is 0 Å². The molecule has 1 N–H and O–H groups in total. The summed E-state index contributed by atoms with van der Waals surface area (Å²) in [6.45, 7) is 4.39. The number of aliphatic hydroxyl groups excluding tert-OH is 1. The third-order valence-electron chi connectivity index (χ3n) is 8.90. The van der Waals surface area contributed by atoms with Crippen molar-refractivity contribution in [3.63, 3.8) is 0 Å². The third kappa shape index (κ3) is 4.10. The Morgan fingerprint density at radius 3 is 2.56 bits per heavy atom. The van der Waals surface area contributed by atoms with Gasteiger partial charge in [0.2, 0.25) is 11.8 Å². The molecule has 3 fully saturated rings. The quantitative estimate of drug-likeness (QED) is 0.471. The van der Waals surface area contributed by atoms with E-state index in [2.05, 4.69) is 0 Å². The molecular formula is C28H40N2O6. The standard InChI is InChI=1S/C28H40N2O6/c1-18(2)20(17-31)30-24-26(33)29(19-11-6-5-7-12-19)15-10-14-28(24)23(25(30)32)22-21(36-28)13-8-3-4-9-16-35-27(22)34/h8,10,13-14,18-24,31H,3-7,9,11-12,15-17H2,1-2H3/b13-8-/t20-,21-,22+,23-,24?,28-/m0/s1. The lowest BCUT2D eigenvalue weighted by Gasteiger charge is -2.42. The number of allylic oxidation sites excluding steroid dienone is 1. The molecule has 6 atom stereocenters. The Labute approximate surface area is 213 Å². The molecule has 4 heterocycles. The summed E-state index contributed by atoms with van der Waals surface area (Å²) in [5, 5.41) is 10.4. The van der Waals surface area contributed by atoms with Gasteiger partial charge in [0.15, 0.2) is 0 Å². The molecule has 1 unspecified atom stereocenters. The van der Waals surface area contributed by atoms with Crippen molar-refractivity contribution < 1.29 is 29.0 Å². The van der Waals surface area contributed by atoms with Crippen LogP contribution in [0.3, 0.4) is 0 Å². The average Bonchev–Trinajstić information content (AvgIpc) is 3.25. The molecule has 0 aromatic rings. The molecule has 1 aliphatic carbocycles. The number of rotatable bonds is 4. The zero-order chi connectivity index (χ0) is 25.4. The van der Waals surface area contributed by atoms with Crippen LogP contribution in [0.25, 0.3) is 0 Å². The summed E-state index contributed by atoms with van der Waals surface area (Å²) in [5.74, 6) is -2.66. The van der Waals surface area contributed by atoms with Crippen molar-refractivity contribution in [3.05, 3.63) is 24.3 Å². The molecule has 4 aliphatic heterocycles. The highest BCUT2D eigenvalue weighted by Crippen LogP contribution is 2.54. The number of hydrogen-bond donors (Lipinski definition) is 1. The van der Waals surface area contributed by atoms with Gasteiger partial charge in [-0.15, -0.1) is 0 Å². The van der Waals surface area contributed by atoms with Gasteiger partial charge >= 0.3 is 5.97 Å². The number of cyclic esters (lactones) is 1. The first-order valence-corrected chi connectivity index (χ1v) is 13.8. The first-order chi connectivity index (χ1) is 17.4. The highest BCUT2D eigenvalue weighted by molar-refractivity contribution is 5.99. The maximum Gasteiger partial charge on any atom is 0.312 e. The van der Waals surface area contributed by atoms with Gasteiger partial charge in [-0.3, -0.25) is 14.4 Å². The van der Waals surface area contributed by atoms with E-state index < -0.39 is 41.6 Å². The predicted molar refractivity (Wildman–Crippen MR) is 133 cm³/mol. The van der Waals surface area contributed by atoms with E-state index in [4.69, 9.17) is 9.47 Å². The van der Waals surface area contributed by atoms with Crippen LogP contribution in [0.15, 0.2) is 24.3 Å². The van der Waals surface area contributed by atoms with E-state index in [1.54, 1.807) is 4.90 Å². The number of likely N-dealkylation sites (tertiary alicyclic amines) is 1. The lowest BCUT2D eigenvalue weighted by atomic mass is 9.77. The van der Waals surface area contributed by atoms with E-state index in [1.807, 2.05) is 43.1 Å². The molecule has 5 aliphatic rings. The Kier molecular flexibility index (Phi) is 7.27. The molecule has 8 nitrogen and oxygen atoms in total. The minimum atomic E-state index is -1.27. The molecule has 0 bridgehead atoms. The zero-order valence-electron chi connectivity index (χ0n) is 21.5. The number of esters is 1. The molecule has 1 saturated carbocycles. The number of nitrogens with zero attached hydrogens (tertiary/aromatic N) is 2. The summed E-state index contributed by atoms with van der Waals surface area (Å²) < 4.78 is 12.3. The third-order valence-corrected chi connectivity index (χ3v) is 8.90. The Bertz CT molecular complexity index is 925. The second-order valence-electron chi connectivity index (χ2n) is 11.4. The number of carbonyl (C=O) groups excluding carboxylic acids is 3. The number of ether oxygens (including phenoxy) is 2. The number of hydrogen-bond acceptors (Lipinski definition) is 6. The largest absolute Gasteiger partial charge is 0.465 e. The van der Waals surface area contributed by atoms with Crippen LogP contribution < -0.4 is 0 Å². The second kappa shape index (κ2) is 10.3. The number of amides is 2. The number of carbonyl (C=O) groups is 3. The van der Waals surface area contributed by atoms with E-state index in [1.165, 1.54) is 6.42 Å². The van der Waals surface area contributed by atoms with E-state index in [-0.39, 0.29) is 30.4 Å². The van der Waals surface area contributed by atoms with Gasteiger partial charge in [0.05, 0.1) is 31.3 Å². The van der Waals surface area contributed by atoms with Gasteiger partial charge in [0, 0.05) is 12.6 Å². The highest BCUT2D eigenvalue weighted by Gasteiger charge is 2.72. The van der Waals surface area contributed by atoms with Gasteiger partial charge in [-0.25, -0.2) is 0 Å². The Morgan fingerprint density at radius 2 is 1.83 bits per heavy atom. The zero-order valence-corrected chi connectivity index (χ0v) is 21.5. The monoisotopic (exact) mass is 500 g/mol. The summed E-state index contributed by atoms with van der Waals surface area (Å²) in [5.41, 5.74) is -1.27. The summed E-state index contributed by atoms with van der Waals surface area (Å²) in [7, 11) is 0. The summed E-state index contributed by atoms with van der Waals surface area (Å²) in [6.07, 6.45) is 14.9. The first kappa shape index (κ1) is 25.5. The molecule has 5 rings (SSSR count). The molecule has 2 amide bonds. The first-order valence-electron chi connectivity index (χ1n) is 13.8. The van der Waals surface area contributed by atoms with Crippen LogP contribution in [-0.2, 0) is 23.9 Å². The molecule has 8 heteroatoms. The summed E-state index contributed by atoms with van der Waals surface area (Å²) in [6, 6.07) is -1.35. The molecule has 198 valence electrons.